The molecule has 0 fully saturated rings. The molecule has 0 saturated carbocycles. The first-order valence-corrected chi connectivity index (χ1v) is 6.48. The SMILES string of the molecule is CC(OC(=O)c1ccnc(Cl)c1)C(=O)Nc1ccccn1. The topological polar surface area (TPSA) is 81.2 Å². The number of nitrogens with zero attached hydrogens (tertiary/aromatic N) is 2. The minimum absolute atomic E-state index is 0.176. The molecule has 2 heterocycles. The molecule has 0 aliphatic heterocycles. The van der Waals surface area contributed by atoms with E-state index in [4.69, 9.17) is 16.3 Å². The van der Waals surface area contributed by atoms with Gasteiger partial charge in [0.2, 0.25) is 0 Å². The fraction of sp³-hybridized carbons (Fsp3) is 0.143. The number of carbonyl (C=O) groups excluding carboxylic acids is 2. The molecule has 0 saturated heterocycles. The highest BCUT2D eigenvalue weighted by Crippen LogP contribution is 2.10. The highest BCUT2D eigenvalue weighted by Gasteiger charge is 2.19. The maximum absolute atomic E-state index is 11.9. The Balaban J connectivity index is 1.96. The van der Waals surface area contributed by atoms with Crippen LogP contribution in [0.15, 0.2) is 42.7 Å². The quantitative estimate of drug-likeness (QED) is 0.692. The maximum Gasteiger partial charge on any atom is 0.339 e. The van der Waals surface area contributed by atoms with Crippen molar-refractivity contribution in [2.45, 2.75) is 13.0 Å². The molecule has 2 aromatic heterocycles. The maximum atomic E-state index is 11.9. The van der Waals surface area contributed by atoms with E-state index < -0.39 is 18.0 Å². The largest absolute Gasteiger partial charge is 0.449 e. The molecule has 1 atom stereocenters. The standard InChI is InChI=1S/C14H12ClN3O3/c1-9(13(19)18-12-4-2-3-6-17-12)21-14(20)10-5-7-16-11(15)8-10/h2-9H,1H3,(H,17,18,19). The lowest BCUT2D eigenvalue weighted by molar-refractivity contribution is -0.123. The zero-order valence-corrected chi connectivity index (χ0v) is 11.9. The van der Waals surface area contributed by atoms with Crippen LogP contribution in [0.4, 0.5) is 5.82 Å². The summed E-state index contributed by atoms with van der Waals surface area (Å²) >= 11 is 5.69. The van der Waals surface area contributed by atoms with Crippen molar-refractivity contribution in [3.8, 4) is 0 Å². The molecule has 0 aliphatic carbocycles. The lowest BCUT2D eigenvalue weighted by Gasteiger charge is -2.13. The van der Waals surface area contributed by atoms with Crippen LogP contribution in [-0.2, 0) is 9.53 Å². The van der Waals surface area contributed by atoms with Crippen LogP contribution in [0.5, 0.6) is 0 Å². The van der Waals surface area contributed by atoms with Crippen molar-refractivity contribution in [2.24, 2.45) is 0 Å². The van der Waals surface area contributed by atoms with Gasteiger partial charge in [-0.05, 0) is 31.2 Å². The number of hydrogen-bond acceptors (Lipinski definition) is 5. The number of carbonyl (C=O) groups is 2. The van der Waals surface area contributed by atoms with E-state index in [0.717, 1.165) is 0 Å². The van der Waals surface area contributed by atoms with Crippen LogP contribution in [-0.4, -0.2) is 27.9 Å². The van der Waals surface area contributed by atoms with Crippen molar-refractivity contribution in [3.63, 3.8) is 0 Å². The first kappa shape index (κ1) is 14.9. The van der Waals surface area contributed by atoms with E-state index in [1.54, 1.807) is 24.4 Å². The van der Waals surface area contributed by atoms with Gasteiger partial charge in [-0.25, -0.2) is 14.8 Å². The summed E-state index contributed by atoms with van der Waals surface area (Å²) < 4.78 is 5.06. The Morgan fingerprint density at radius 2 is 2.05 bits per heavy atom. The molecule has 1 unspecified atom stereocenters. The van der Waals surface area contributed by atoms with Gasteiger partial charge in [-0.15, -0.1) is 0 Å². The van der Waals surface area contributed by atoms with Crippen molar-refractivity contribution < 1.29 is 14.3 Å². The predicted molar refractivity (Wildman–Crippen MR) is 77.0 cm³/mol. The molecule has 2 aromatic rings. The second-order valence-electron chi connectivity index (χ2n) is 4.12. The summed E-state index contributed by atoms with van der Waals surface area (Å²) in [5.41, 5.74) is 0.229. The molecule has 21 heavy (non-hydrogen) atoms. The Labute approximate surface area is 126 Å². The van der Waals surface area contributed by atoms with Crippen LogP contribution in [0.1, 0.15) is 17.3 Å². The van der Waals surface area contributed by atoms with Gasteiger partial charge in [0, 0.05) is 12.4 Å². The first-order chi connectivity index (χ1) is 10.1. The van der Waals surface area contributed by atoms with Crippen LogP contribution < -0.4 is 5.32 Å². The minimum atomic E-state index is -0.966. The van der Waals surface area contributed by atoms with E-state index in [1.807, 2.05) is 0 Å². The zero-order valence-electron chi connectivity index (χ0n) is 11.1. The van der Waals surface area contributed by atoms with E-state index in [9.17, 15) is 9.59 Å². The first-order valence-electron chi connectivity index (χ1n) is 6.10. The molecule has 1 amide bonds. The number of amides is 1. The monoisotopic (exact) mass is 305 g/mol. The lowest BCUT2D eigenvalue weighted by Crippen LogP contribution is -2.30. The fourth-order valence-corrected chi connectivity index (χ4v) is 1.65. The molecule has 0 aliphatic rings. The van der Waals surface area contributed by atoms with Gasteiger partial charge in [0.1, 0.15) is 11.0 Å². The van der Waals surface area contributed by atoms with Crippen molar-refractivity contribution in [3.05, 3.63) is 53.4 Å². The molecule has 0 bridgehead atoms. The van der Waals surface area contributed by atoms with Gasteiger partial charge in [0.05, 0.1) is 5.56 Å². The molecule has 1 N–H and O–H groups in total. The van der Waals surface area contributed by atoms with Gasteiger partial charge in [0.15, 0.2) is 6.10 Å². The van der Waals surface area contributed by atoms with Gasteiger partial charge >= 0.3 is 5.97 Å². The number of anilines is 1. The Morgan fingerprint density at radius 1 is 1.24 bits per heavy atom. The number of pyridine rings is 2. The van der Waals surface area contributed by atoms with E-state index in [2.05, 4.69) is 15.3 Å². The number of ether oxygens (including phenoxy) is 1. The van der Waals surface area contributed by atoms with Crippen molar-refractivity contribution in [2.75, 3.05) is 5.32 Å². The molecule has 108 valence electrons. The van der Waals surface area contributed by atoms with E-state index >= 15 is 0 Å². The highest BCUT2D eigenvalue weighted by atomic mass is 35.5. The Kier molecular flexibility index (Phi) is 4.84. The summed E-state index contributed by atoms with van der Waals surface area (Å²) in [6.45, 7) is 1.47. The van der Waals surface area contributed by atoms with Crippen LogP contribution in [0.2, 0.25) is 5.15 Å². The van der Waals surface area contributed by atoms with E-state index in [1.165, 1.54) is 25.3 Å². The molecule has 0 radical (unpaired) electrons. The third kappa shape index (κ3) is 4.25. The average molecular weight is 306 g/mol. The second kappa shape index (κ2) is 6.81. The van der Waals surface area contributed by atoms with Crippen molar-refractivity contribution >= 4 is 29.3 Å². The normalized spacial score (nSPS) is 11.5. The van der Waals surface area contributed by atoms with Gasteiger partial charge in [-0.3, -0.25) is 4.79 Å². The predicted octanol–water partition coefficient (Wildman–Crippen LogP) is 2.31. The summed E-state index contributed by atoms with van der Waals surface area (Å²) in [4.78, 5) is 31.5. The van der Waals surface area contributed by atoms with Crippen LogP contribution in [0.25, 0.3) is 0 Å². The molecular weight excluding hydrogens is 294 g/mol. The number of nitrogens with one attached hydrogen (secondary N) is 1. The summed E-state index contributed by atoms with van der Waals surface area (Å²) in [7, 11) is 0. The molecule has 6 nitrogen and oxygen atoms in total. The molecule has 2 rings (SSSR count). The second-order valence-corrected chi connectivity index (χ2v) is 4.51. The van der Waals surface area contributed by atoms with E-state index in [0.29, 0.717) is 5.82 Å². The number of halogens is 1. The highest BCUT2D eigenvalue weighted by molar-refractivity contribution is 6.29. The minimum Gasteiger partial charge on any atom is -0.449 e. The van der Waals surface area contributed by atoms with Crippen LogP contribution in [0, 0.1) is 0 Å². The van der Waals surface area contributed by atoms with Gasteiger partial charge in [-0.2, -0.15) is 0 Å². The summed E-state index contributed by atoms with van der Waals surface area (Å²) in [5.74, 6) is -0.734. The molecule has 0 aromatic carbocycles. The van der Waals surface area contributed by atoms with Crippen molar-refractivity contribution in [1.82, 2.24) is 9.97 Å². The van der Waals surface area contributed by atoms with Crippen LogP contribution in [0.3, 0.4) is 0 Å². The summed E-state index contributed by atoms with van der Waals surface area (Å²) in [6.07, 6.45) is 1.97. The molecular formula is C14H12ClN3O3. The lowest BCUT2D eigenvalue weighted by atomic mass is 10.2. The van der Waals surface area contributed by atoms with Gasteiger partial charge < -0.3 is 10.1 Å². The fourth-order valence-electron chi connectivity index (χ4n) is 1.48. The third-order valence-corrected chi connectivity index (χ3v) is 2.74. The average Bonchev–Trinajstić information content (AvgIpc) is 2.48. The Morgan fingerprint density at radius 3 is 2.71 bits per heavy atom. The Hall–Kier alpha value is -2.47. The number of aromatic nitrogens is 2. The third-order valence-electron chi connectivity index (χ3n) is 2.53. The van der Waals surface area contributed by atoms with Crippen LogP contribution >= 0.6 is 11.6 Å². The zero-order chi connectivity index (χ0) is 15.2. The van der Waals surface area contributed by atoms with Gasteiger partial charge in [-0.1, -0.05) is 17.7 Å². The number of esters is 1. The molecule has 0 spiro atoms. The van der Waals surface area contributed by atoms with E-state index in [-0.39, 0.29) is 10.7 Å². The Bertz CT molecular complexity index is 649. The summed E-state index contributed by atoms with van der Waals surface area (Å²) in [5, 5.41) is 2.72. The number of hydrogen-bond donors (Lipinski definition) is 1. The van der Waals surface area contributed by atoms with Gasteiger partial charge in [0.25, 0.3) is 5.91 Å². The summed E-state index contributed by atoms with van der Waals surface area (Å²) in [6, 6.07) is 7.92. The van der Waals surface area contributed by atoms with Crippen molar-refractivity contribution in [1.29, 1.82) is 0 Å². The smallest absolute Gasteiger partial charge is 0.339 e. The number of rotatable bonds is 4. The molecule has 7 heteroatoms.